The predicted molar refractivity (Wildman–Crippen MR) is 125 cm³/mol. The van der Waals surface area contributed by atoms with E-state index in [1.165, 1.54) is 0 Å². The standard InChI is InChI=1S/C24H28N8O/c1-15(33)31-7-8-32-21(14-31)23(26-24(32)18-11-28(2)12-18)16-5-6-20-19(9-16)22(27-30(20)4)17-10-25-29(3)13-17/h5-6,9-10,13,18H,7-8,11-12,14H2,1-4H3. The van der Waals surface area contributed by atoms with E-state index in [-0.39, 0.29) is 5.91 Å². The number of hydrogen-bond acceptors (Lipinski definition) is 5. The molecular formula is C24H28N8O. The van der Waals surface area contributed by atoms with E-state index in [9.17, 15) is 4.79 Å². The van der Waals surface area contributed by atoms with Crippen LogP contribution in [0.25, 0.3) is 33.4 Å². The molecule has 0 bridgehead atoms. The van der Waals surface area contributed by atoms with Crippen molar-refractivity contribution in [3.8, 4) is 22.5 Å². The lowest BCUT2D eigenvalue weighted by molar-refractivity contribution is -0.130. The Morgan fingerprint density at radius 1 is 1.06 bits per heavy atom. The fraction of sp³-hybridized carbons (Fsp3) is 0.417. The normalized spacial score (nSPS) is 16.9. The molecule has 2 aliphatic heterocycles. The van der Waals surface area contributed by atoms with Gasteiger partial charge in [0.15, 0.2) is 0 Å². The van der Waals surface area contributed by atoms with Gasteiger partial charge in [0.1, 0.15) is 11.5 Å². The second-order valence-electron chi connectivity index (χ2n) is 9.38. The monoisotopic (exact) mass is 444 g/mol. The van der Waals surface area contributed by atoms with Crippen molar-refractivity contribution < 1.29 is 4.79 Å². The molecule has 1 saturated heterocycles. The smallest absolute Gasteiger partial charge is 0.219 e. The first-order valence-electron chi connectivity index (χ1n) is 11.4. The summed E-state index contributed by atoms with van der Waals surface area (Å²) in [6, 6.07) is 6.44. The van der Waals surface area contributed by atoms with Crippen LogP contribution in [-0.2, 0) is 32.0 Å². The molecule has 9 nitrogen and oxygen atoms in total. The third-order valence-corrected chi connectivity index (χ3v) is 7.01. The number of nitrogens with zero attached hydrogens (tertiary/aromatic N) is 8. The van der Waals surface area contributed by atoms with Crippen molar-refractivity contribution in [3.63, 3.8) is 0 Å². The zero-order valence-electron chi connectivity index (χ0n) is 19.5. The largest absolute Gasteiger partial charge is 0.335 e. The second kappa shape index (κ2) is 7.28. The molecule has 0 radical (unpaired) electrons. The van der Waals surface area contributed by atoms with Crippen molar-refractivity contribution in [2.75, 3.05) is 26.7 Å². The average Bonchev–Trinajstić information content (AvgIpc) is 3.46. The van der Waals surface area contributed by atoms with Gasteiger partial charge in [0.2, 0.25) is 5.91 Å². The number of benzene rings is 1. The van der Waals surface area contributed by atoms with Crippen molar-refractivity contribution in [2.24, 2.45) is 14.1 Å². The summed E-state index contributed by atoms with van der Waals surface area (Å²) in [4.78, 5) is 21.6. The Hall–Kier alpha value is -3.46. The van der Waals surface area contributed by atoms with E-state index in [4.69, 9.17) is 10.1 Å². The number of amides is 1. The fourth-order valence-electron chi connectivity index (χ4n) is 5.24. The molecule has 1 fully saturated rings. The number of aromatic nitrogens is 6. The zero-order valence-corrected chi connectivity index (χ0v) is 19.5. The number of carbonyl (C=O) groups excluding carboxylic acids is 1. The number of likely N-dealkylation sites (N-methyl/N-ethyl adjacent to an activating group) is 1. The van der Waals surface area contributed by atoms with Crippen LogP contribution in [0.3, 0.4) is 0 Å². The third-order valence-electron chi connectivity index (χ3n) is 7.01. The second-order valence-corrected chi connectivity index (χ2v) is 9.38. The van der Waals surface area contributed by atoms with E-state index in [0.717, 1.165) is 71.1 Å². The first kappa shape index (κ1) is 20.2. The average molecular weight is 445 g/mol. The van der Waals surface area contributed by atoms with E-state index >= 15 is 0 Å². The predicted octanol–water partition coefficient (Wildman–Crippen LogP) is 2.23. The lowest BCUT2D eigenvalue weighted by Gasteiger charge is -2.37. The molecule has 1 amide bonds. The van der Waals surface area contributed by atoms with Crippen LogP contribution in [0.1, 0.15) is 24.4 Å². The van der Waals surface area contributed by atoms with Crippen molar-refractivity contribution in [1.29, 1.82) is 0 Å². The first-order chi connectivity index (χ1) is 15.9. The number of carbonyl (C=O) groups is 1. The molecule has 4 aromatic rings. The summed E-state index contributed by atoms with van der Waals surface area (Å²) in [5, 5.41) is 10.2. The van der Waals surface area contributed by atoms with Gasteiger partial charge in [-0.3, -0.25) is 14.2 Å². The molecule has 5 heterocycles. The summed E-state index contributed by atoms with van der Waals surface area (Å²) >= 11 is 0. The molecule has 0 unspecified atom stereocenters. The Labute approximate surface area is 192 Å². The van der Waals surface area contributed by atoms with Gasteiger partial charge >= 0.3 is 0 Å². The van der Waals surface area contributed by atoms with E-state index < -0.39 is 0 Å². The Bertz CT molecular complexity index is 1390. The maximum atomic E-state index is 12.2. The van der Waals surface area contributed by atoms with Crippen molar-refractivity contribution in [3.05, 3.63) is 42.1 Å². The molecule has 9 heteroatoms. The van der Waals surface area contributed by atoms with Crippen LogP contribution in [0.5, 0.6) is 0 Å². The highest BCUT2D eigenvalue weighted by Crippen LogP contribution is 2.36. The topological polar surface area (TPSA) is 77.0 Å². The van der Waals surface area contributed by atoms with Gasteiger partial charge in [-0.1, -0.05) is 6.07 Å². The highest BCUT2D eigenvalue weighted by molar-refractivity contribution is 5.95. The van der Waals surface area contributed by atoms with E-state index in [1.807, 2.05) is 36.1 Å². The zero-order chi connectivity index (χ0) is 22.9. The lowest BCUT2D eigenvalue weighted by atomic mass is 10.0. The summed E-state index contributed by atoms with van der Waals surface area (Å²) in [6.45, 7) is 5.84. The summed E-state index contributed by atoms with van der Waals surface area (Å²) in [5.41, 5.74) is 6.15. The summed E-state index contributed by atoms with van der Waals surface area (Å²) < 4.78 is 6.07. The highest BCUT2D eigenvalue weighted by Gasteiger charge is 2.34. The maximum Gasteiger partial charge on any atom is 0.219 e. The van der Waals surface area contributed by atoms with Crippen molar-refractivity contribution in [1.82, 2.24) is 38.9 Å². The summed E-state index contributed by atoms with van der Waals surface area (Å²) in [7, 11) is 6.03. The minimum Gasteiger partial charge on any atom is -0.335 e. The van der Waals surface area contributed by atoms with Gasteiger partial charge in [0.05, 0.1) is 29.6 Å². The minimum absolute atomic E-state index is 0.111. The third kappa shape index (κ3) is 3.18. The van der Waals surface area contributed by atoms with Crippen LogP contribution in [0.15, 0.2) is 30.6 Å². The molecule has 6 rings (SSSR count). The SMILES string of the molecule is CC(=O)N1CCn2c(C3CN(C)C3)nc(-c3ccc4c(c3)c(-c3cnn(C)c3)nn4C)c2C1. The quantitative estimate of drug-likeness (QED) is 0.484. The number of likely N-dealkylation sites (tertiary alicyclic amines) is 1. The van der Waals surface area contributed by atoms with E-state index in [0.29, 0.717) is 12.5 Å². The molecule has 33 heavy (non-hydrogen) atoms. The Balaban J connectivity index is 1.50. The van der Waals surface area contributed by atoms with Gasteiger partial charge in [0, 0.05) is 75.8 Å². The number of rotatable bonds is 3. The Kier molecular flexibility index (Phi) is 4.45. The number of aryl methyl sites for hydroxylation is 2. The van der Waals surface area contributed by atoms with Crippen LogP contribution in [-0.4, -0.2) is 71.5 Å². The fourth-order valence-corrected chi connectivity index (χ4v) is 5.24. The molecule has 0 N–H and O–H groups in total. The highest BCUT2D eigenvalue weighted by atomic mass is 16.2. The number of imidazole rings is 1. The van der Waals surface area contributed by atoms with Gasteiger partial charge in [-0.15, -0.1) is 0 Å². The van der Waals surface area contributed by atoms with Crippen LogP contribution in [0, 0.1) is 0 Å². The van der Waals surface area contributed by atoms with E-state index in [1.54, 1.807) is 11.6 Å². The van der Waals surface area contributed by atoms with E-state index in [2.05, 4.69) is 39.8 Å². The Morgan fingerprint density at radius 2 is 1.88 bits per heavy atom. The molecular weight excluding hydrogens is 416 g/mol. The lowest BCUT2D eigenvalue weighted by Crippen LogP contribution is -2.44. The van der Waals surface area contributed by atoms with Crippen LogP contribution >= 0.6 is 0 Å². The molecule has 0 atom stereocenters. The summed E-state index contributed by atoms with van der Waals surface area (Å²) in [6.07, 6.45) is 3.84. The van der Waals surface area contributed by atoms with Crippen molar-refractivity contribution >= 4 is 16.8 Å². The van der Waals surface area contributed by atoms with Gasteiger partial charge in [-0.25, -0.2) is 4.98 Å². The van der Waals surface area contributed by atoms with Crippen LogP contribution in [0.2, 0.25) is 0 Å². The van der Waals surface area contributed by atoms with Gasteiger partial charge in [-0.05, 0) is 19.2 Å². The summed E-state index contributed by atoms with van der Waals surface area (Å²) in [5.74, 6) is 1.71. The Morgan fingerprint density at radius 3 is 2.58 bits per heavy atom. The maximum absolute atomic E-state index is 12.2. The van der Waals surface area contributed by atoms with Crippen molar-refractivity contribution in [2.45, 2.75) is 25.9 Å². The van der Waals surface area contributed by atoms with Gasteiger partial charge < -0.3 is 14.4 Å². The van der Waals surface area contributed by atoms with Crippen LogP contribution < -0.4 is 0 Å². The van der Waals surface area contributed by atoms with Crippen LogP contribution in [0.4, 0.5) is 0 Å². The van der Waals surface area contributed by atoms with Gasteiger partial charge in [-0.2, -0.15) is 10.2 Å². The molecule has 0 saturated carbocycles. The number of hydrogen-bond donors (Lipinski definition) is 0. The molecule has 2 aliphatic rings. The molecule has 170 valence electrons. The molecule has 0 aliphatic carbocycles. The molecule has 1 aromatic carbocycles. The minimum atomic E-state index is 0.111. The number of fused-ring (bicyclic) bond motifs is 2. The van der Waals surface area contributed by atoms with Gasteiger partial charge in [0.25, 0.3) is 0 Å². The molecule has 3 aromatic heterocycles. The first-order valence-corrected chi connectivity index (χ1v) is 11.4. The molecule has 0 spiro atoms.